The fourth-order valence-corrected chi connectivity index (χ4v) is 3.71. The fourth-order valence-electron chi connectivity index (χ4n) is 3.71. The molecular weight excluding hydrogens is 316 g/mol. The number of ether oxygens (including phenoxy) is 1. The molecule has 2 unspecified atom stereocenters. The summed E-state index contributed by atoms with van der Waals surface area (Å²) in [7, 11) is 0. The van der Waals surface area contributed by atoms with Gasteiger partial charge in [-0.25, -0.2) is 0 Å². The quantitative estimate of drug-likeness (QED) is 0.400. The molecule has 0 bridgehead atoms. The van der Waals surface area contributed by atoms with E-state index in [9.17, 15) is 0 Å². The first-order chi connectivity index (χ1) is 12.7. The average Bonchev–Trinajstić information content (AvgIpc) is 2.67. The molecule has 0 radical (unpaired) electrons. The fraction of sp³-hybridized carbons (Fsp3) is 0.520. The lowest BCUT2D eigenvalue weighted by molar-refractivity contribution is 0.311. The third-order valence-corrected chi connectivity index (χ3v) is 5.61. The molecule has 1 heteroatoms. The van der Waals surface area contributed by atoms with E-state index in [4.69, 9.17) is 4.74 Å². The largest absolute Gasteiger partial charge is 0.457 e. The van der Waals surface area contributed by atoms with Crippen molar-refractivity contribution in [2.45, 2.75) is 72.6 Å². The highest BCUT2D eigenvalue weighted by Crippen LogP contribution is 2.26. The SMILES string of the molecule is CCCc1ccc(Oc2cccc(CCCC(CC)C(C)CC)c2)cc1. The first-order valence-corrected chi connectivity index (χ1v) is 10.5. The van der Waals surface area contributed by atoms with Crippen molar-refractivity contribution in [3.05, 3.63) is 59.7 Å². The van der Waals surface area contributed by atoms with Crippen molar-refractivity contribution in [2.24, 2.45) is 11.8 Å². The average molecular weight is 353 g/mol. The van der Waals surface area contributed by atoms with E-state index in [-0.39, 0.29) is 0 Å². The molecule has 0 fully saturated rings. The molecule has 2 rings (SSSR count). The smallest absolute Gasteiger partial charge is 0.127 e. The zero-order valence-electron chi connectivity index (χ0n) is 17.1. The standard InChI is InChI=1S/C25H36O/c1-5-10-21-15-17-24(18-16-21)26-25-14-9-12-22(19-25)11-8-13-23(7-3)20(4)6-2/h9,12,14-20,23H,5-8,10-11,13H2,1-4H3. The van der Waals surface area contributed by atoms with Crippen LogP contribution in [0.5, 0.6) is 11.5 Å². The summed E-state index contributed by atoms with van der Waals surface area (Å²) in [5.74, 6) is 3.57. The molecule has 0 aliphatic carbocycles. The van der Waals surface area contributed by atoms with Crippen LogP contribution in [0, 0.1) is 11.8 Å². The number of rotatable bonds is 11. The molecule has 0 aliphatic rings. The highest BCUT2D eigenvalue weighted by Gasteiger charge is 2.13. The van der Waals surface area contributed by atoms with Crippen LogP contribution < -0.4 is 4.74 Å². The maximum atomic E-state index is 6.06. The van der Waals surface area contributed by atoms with Gasteiger partial charge < -0.3 is 4.74 Å². The molecule has 0 heterocycles. The summed E-state index contributed by atoms with van der Waals surface area (Å²) in [6.45, 7) is 9.25. The van der Waals surface area contributed by atoms with Crippen molar-refractivity contribution < 1.29 is 4.74 Å². The lowest BCUT2D eigenvalue weighted by Crippen LogP contribution is -2.10. The Balaban J connectivity index is 1.89. The Morgan fingerprint density at radius 3 is 2.23 bits per heavy atom. The van der Waals surface area contributed by atoms with Crippen LogP contribution in [-0.2, 0) is 12.8 Å². The molecule has 2 atom stereocenters. The first-order valence-electron chi connectivity index (χ1n) is 10.5. The highest BCUT2D eigenvalue weighted by atomic mass is 16.5. The number of hydrogen-bond acceptors (Lipinski definition) is 1. The molecule has 0 aromatic heterocycles. The summed E-state index contributed by atoms with van der Waals surface area (Å²) in [4.78, 5) is 0. The van der Waals surface area contributed by atoms with Crippen molar-refractivity contribution in [2.75, 3.05) is 0 Å². The van der Waals surface area contributed by atoms with Gasteiger partial charge in [-0.15, -0.1) is 0 Å². The molecule has 0 aliphatic heterocycles. The zero-order valence-corrected chi connectivity index (χ0v) is 17.1. The minimum absolute atomic E-state index is 0.838. The van der Waals surface area contributed by atoms with E-state index in [0.29, 0.717) is 0 Å². The van der Waals surface area contributed by atoms with Gasteiger partial charge >= 0.3 is 0 Å². The minimum Gasteiger partial charge on any atom is -0.457 e. The predicted molar refractivity (Wildman–Crippen MR) is 113 cm³/mol. The van der Waals surface area contributed by atoms with E-state index in [1.165, 1.54) is 43.2 Å². The van der Waals surface area contributed by atoms with Gasteiger partial charge in [0.1, 0.15) is 11.5 Å². The van der Waals surface area contributed by atoms with Crippen molar-refractivity contribution in [1.29, 1.82) is 0 Å². The molecule has 142 valence electrons. The Hall–Kier alpha value is -1.76. The predicted octanol–water partition coefficient (Wildman–Crippen LogP) is 7.83. The van der Waals surface area contributed by atoms with Gasteiger partial charge in [0.25, 0.3) is 0 Å². The summed E-state index contributed by atoms with van der Waals surface area (Å²) < 4.78 is 6.06. The van der Waals surface area contributed by atoms with Crippen molar-refractivity contribution in [1.82, 2.24) is 0 Å². The number of benzene rings is 2. The summed E-state index contributed by atoms with van der Waals surface area (Å²) in [6.07, 6.45) is 8.63. The first kappa shape index (κ1) is 20.6. The molecule has 2 aromatic carbocycles. The van der Waals surface area contributed by atoms with E-state index in [0.717, 1.165) is 36.2 Å². The van der Waals surface area contributed by atoms with Crippen molar-refractivity contribution >= 4 is 0 Å². The highest BCUT2D eigenvalue weighted by molar-refractivity contribution is 5.35. The Morgan fingerprint density at radius 2 is 1.58 bits per heavy atom. The second kappa shape index (κ2) is 11.1. The lowest BCUT2D eigenvalue weighted by atomic mass is 9.85. The molecular formula is C25H36O. The van der Waals surface area contributed by atoms with Gasteiger partial charge in [-0.1, -0.05) is 71.2 Å². The van der Waals surface area contributed by atoms with E-state index in [1.807, 2.05) is 0 Å². The number of hydrogen-bond donors (Lipinski definition) is 0. The Bertz CT molecular complexity index is 629. The van der Waals surface area contributed by atoms with E-state index < -0.39 is 0 Å². The normalized spacial score (nSPS) is 13.4. The second-order valence-electron chi connectivity index (χ2n) is 7.59. The molecule has 26 heavy (non-hydrogen) atoms. The zero-order chi connectivity index (χ0) is 18.8. The lowest BCUT2D eigenvalue weighted by Gasteiger charge is -2.21. The summed E-state index contributed by atoms with van der Waals surface area (Å²) in [6, 6.07) is 17.1. The van der Waals surface area contributed by atoms with E-state index in [2.05, 4.69) is 76.2 Å². The van der Waals surface area contributed by atoms with Crippen molar-refractivity contribution in [3.63, 3.8) is 0 Å². The van der Waals surface area contributed by atoms with Crippen LogP contribution in [0.3, 0.4) is 0 Å². The van der Waals surface area contributed by atoms with Crippen LogP contribution >= 0.6 is 0 Å². The van der Waals surface area contributed by atoms with Gasteiger partial charge in [-0.2, -0.15) is 0 Å². The Morgan fingerprint density at radius 1 is 0.808 bits per heavy atom. The third kappa shape index (κ3) is 6.52. The van der Waals surface area contributed by atoms with Crippen LogP contribution in [0.1, 0.15) is 70.9 Å². The maximum absolute atomic E-state index is 6.06. The molecule has 0 saturated carbocycles. The van der Waals surface area contributed by atoms with E-state index in [1.54, 1.807) is 0 Å². The monoisotopic (exact) mass is 352 g/mol. The van der Waals surface area contributed by atoms with Crippen LogP contribution in [0.25, 0.3) is 0 Å². The summed E-state index contributed by atoms with van der Waals surface area (Å²) >= 11 is 0. The number of aryl methyl sites for hydroxylation is 2. The third-order valence-electron chi connectivity index (χ3n) is 5.61. The molecule has 0 saturated heterocycles. The van der Waals surface area contributed by atoms with Gasteiger partial charge in [0, 0.05) is 0 Å². The molecule has 2 aromatic rings. The van der Waals surface area contributed by atoms with Crippen LogP contribution in [0.2, 0.25) is 0 Å². The Kier molecular flexibility index (Phi) is 8.74. The van der Waals surface area contributed by atoms with Gasteiger partial charge in [0.15, 0.2) is 0 Å². The summed E-state index contributed by atoms with van der Waals surface area (Å²) in [5.41, 5.74) is 2.75. The minimum atomic E-state index is 0.838. The maximum Gasteiger partial charge on any atom is 0.127 e. The second-order valence-corrected chi connectivity index (χ2v) is 7.59. The van der Waals surface area contributed by atoms with E-state index >= 15 is 0 Å². The molecule has 0 N–H and O–H groups in total. The molecule has 1 nitrogen and oxygen atoms in total. The van der Waals surface area contributed by atoms with Crippen molar-refractivity contribution in [3.8, 4) is 11.5 Å². The van der Waals surface area contributed by atoms with Crippen LogP contribution in [-0.4, -0.2) is 0 Å². The van der Waals surface area contributed by atoms with Crippen LogP contribution in [0.15, 0.2) is 48.5 Å². The molecule has 0 amide bonds. The van der Waals surface area contributed by atoms with Gasteiger partial charge in [0.2, 0.25) is 0 Å². The topological polar surface area (TPSA) is 9.23 Å². The van der Waals surface area contributed by atoms with Gasteiger partial charge in [0.05, 0.1) is 0 Å². The van der Waals surface area contributed by atoms with Gasteiger partial charge in [-0.05, 0) is 72.9 Å². The Labute approximate surface area is 160 Å². The van der Waals surface area contributed by atoms with Gasteiger partial charge in [-0.3, -0.25) is 0 Å². The summed E-state index contributed by atoms with van der Waals surface area (Å²) in [5, 5.41) is 0. The molecule has 0 spiro atoms. The van der Waals surface area contributed by atoms with Crippen LogP contribution in [0.4, 0.5) is 0 Å².